The average molecular weight is 555 g/mol. The molecule has 0 saturated carbocycles. The van der Waals surface area contributed by atoms with Crippen LogP contribution in [-0.4, -0.2) is 19.0 Å². The van der Waals surface area contributed by atoms with E-state index < -0.39 is 0 Å². The van der Waals surface area contributed by atoms with Gasteiger partial charge in [0.25, 0.3) is 0 Å². The third-order valence-electron chi connectivity index (χ3n) is 7.15. The highest BCUT2D eigenvalue weighted by Crippen LogP contribution is 2.31. The van der Waals surface area contributed by atoms with Gasteiger partial charge < -0.3 is 4.74 Å². The first-order chi connectivity index (χ1) is 19.9. The van der Waals surface area contributed by atoms with Crippen molar-refractivity contribution in [3.63, 3.8) is 0 Å². The van der Waals surface area contributed by atoms with Gasteiger partial charge in [-0.15, -0.1) is 0 Å². The molecule has 0 aromatic heterocycles. The minimum absolute atomic E-state index is 0.140. The molecule has 0 radical (unpaired) electrons. The van der Waals surface area contributed by atoms with Gasteiger partial charge in [-0.05, 0) is 99.1 Å². The molecule has 0 bridgehead atoms. The number of methoxy groups -OCH3 is 1. The molecule has 2 heteroatoms. The van der Waals surface area contributed by atoms with Gasteiger partial charge in [0, 0.05) is 12.7 Å². The molecule has 2 aromatic carbocycles. The summed E-state index contributed by atoms with van der Waals surface area (Å²) < 4.78 is 5.34. The van der Waals surface area contributed by atoms with Crippen LogP contribution in [0.2, 0.25) is 0 Å². The quantitative estimate of drug-likeness (QED) is 0.303. The van der Waals surface area contributed by atoms with Crippen molar-refractivity contribution in [2.24, 2.45) is 5.92 Å². The van der Waals surface area contributed by atoms with Gasteiger partial charge in [0.05, 0.1) is 6.10 Å². The second-order valence-electron chi connectivity index (χ2n) is 10.0. The van der Waals surface area contributed by atoms with Gasteiger partial charge in [-0.25, -0.2) is 0 Å². The van der Waals surface area contributed by atoms with Gasteiger partial charge in [0.1, 0.15) is 0 Å². The predicted molar refractivity (Wildman–Crippen MR) is 180 cm³/mol. The molecule has 4 rings (SSSR count). The van der Waals surface area contributed by atoms with Crippen LogP contribution in [0.1, 0.15) is 91.3 Å². The molecule has 2 aromatic rings. The zero-order valence-electron chi connectivity index (χ0n) is 27.2. The summed E-state index contributed by atoms with van der Waals surface area (Å²) in [6, 6.07) is 19.0. The van der Waals surface area contributed by atoms with E-state index in [0.717, 1.165) is 41.0 Å². The maximum Gasteiger partial charge on any atom is 0.160 e. The fourth-order valence-electron chi connectivity index (χ4n) is 5.24. The monoisotopic (exact) mass is 554 g/mol. The van der Waals surface area contributed by atoms with Gasteiger partial charge in [-0.1, -0.05) is 119 Å². The van der Waals surface area contributed by atoms with Gasteiger partial charge in [0.15, 0.2) is 5.78 Å². The number of hydrogen-bond donors (Lipinski definition) is 0. The van der Waals surface area contributed by atoms with Crippen LogP contribution in [0.3, 0.4) is 0 Å². The van der Waals surface area contributed by atoms with E-state index in [0.29, 0.717) is 0 Å². The molecular formula is C39H54O2. The Kier molecular flexibility index (Phi) is 18.0. The number of carbonyl (C=O) groups excluding carboxylic acids is 1. The fraction of sp³-hybridized carbons (Fsp3) is 0.410. The minimum Gasteiger partial charge on any atom is -0.378 e. The smallest absolute Gasteiger partial charge is 0.160 e. The minimum atomic E-state index is 0.140. The van der Waals surface area contributed by atoms with Crippen LogP contribution < -0.4 is 0 Å². The summed E-state index contributed by atoms with van der Waals surface area (Å²) in [7, 11) is 1.77. The summed E-state index contributed by atoms with van der Waals surface area (Å²) in [5.41, 5.74) is 8.68. The molecule has 222 valence electrons. The van der Waals surface area contributed by atoms with Crippen LogP contribution in [0.25, 0.3) is 5.57 Å². The van der Waals surface area contributed by atoms with Crippen LogP contribution in [-0.2, 0) is 22.4 Å². The number of allylic oxidation sites excluding steroid dienone is 9. The summed E-state index contributed by atoms with van der Waals surface area (Å²) in [6.45, 7) is 15.8. The Hall–Kier alpha value is -3.23. The lowest BCUT2D eigenvalue weighted by atomic mass is 9.92. The zero-order valence-corrected chi connectivity index (χ0v) is 27.2. The summed E-state index contributed by atoms with van der Waals surface area (Å²) in [5.74, 6) is 0.945. The first-order valence-electron chi connectivity index (χ1n) is 15.5. The number of rotatable bonds is 8. The zero-order chi connectivity index (χ0) is 30.6. The summed E-state index contributed by atoms with van der Waals surface area (Å²) in [5, 5.41) is 0. The number of carbonyl (C=O) groups is 1. The molecule has 0 saturated heterocycles. The first-order valence-corrected chi connectivity index (χ1v) is 15.5. The van der Waals surface area contributed by atoms with Crippen molar-refractivity contribution in [3.8, 4) is 0 Å². The highest BCUT2D eigenvalue weighted by Gasteiger charge is 2.20. The van der Waals surface area contributed by atoms with E-state index in [2.05, 4.69) is 74.5 Å². The number of ketones is 1. The molecule has 2 nitrogen and oxygen atoms in total. The summed E-state index contributed by atoms with van der Waals surface area (Å²) >= 11 is 0. The Morgan fingerprint density at radius 3 is 2.10 bits per heavy atom. The van der Waals surface area contributed by atoms with Crippen LogP contribution in [0.4, 0.5) is 0 Å². The van der Waals surface area contributed by atoms with Crippen molar-refractivity contribution in [3.05, 3.63) is 124 Å². The predicted octanol–water partition coefficient (Wildman–Crippen LogP) is 10.7. The topological polar surface area (TPSA) is 26.3 Å². The standard InChI is InChI=1S/C19H26O.C16H16O.2C2H6/c1-4-7-16(12-15(2)20-3)10-11-17-13-18-8-5-6-9-19(18)14-17;1-12-8-6-7-11-15(16(12)13(2)17)14-9-4-3-5-10-14;2*1-2/h4-9,12,15,17H,10-11,13-14H2,1-3H3;3-10H,11H2,1-2H3;2*1-2H3/b7-4-,16-12+;;;. The largest absolute Gasteiger partial charge is 0.378 e. The van der Waals surface area contributed by atoms with Crippen molar-refractivity contribution in [1.29, 1.82) is 0 Å². The SMILES string of the molecule is C/C=C\C(=C/C(C)OC)CCC1Cc2ccccc2C1.CC.CC.CC(=O)C1=C(c2ccccc2)CC=CC=C1C. The van der Waals surface area contributed by atoms with E-state index in [1.807, 2.05) is 65.0 Å². The molecule has 0 heterocycles. The number of fused-ring (bicyclic) bond motifs is 1. The Bertz CT molecular complexity index is 1170. The van der Waals surface area contributed by atoms with E-state index >= 15 is 0 Å². The molecule has 0 fully saturated rings. The van der Waals surface area contributed by atoms with E-state index in [-0.39, 0.29) is 11.9 Å². The molecule has 0 aliphatic heterocycles. The van der Waals surface area contributed by atoms with Crippen molar-refractivity contribution >= 4 is 11.4 Å². The first kappa shape index (κ1) is 35.8. The van der Waals surface area contributed by atoms with E-state index in [1.165, 1.54) is 24.8 Å². The number of Topliss-reactive ketones (excluding diaryl/α,β-unsaturated/α-hetero) is 1. The lowest BCUT2D eigenvalue weighted by molar-refractivity contribution is -0.113. The maximum absolute atomic E-state index is 11.8. The Labute approximate surface area is 251 Å². The van der Waals surface area contributed by atoms with Crippen molar-refractivity contribution in [1.82, 2.24) is 0 Å². The fourth-order valence-corrected chi connectivity index (χ4v) is 5.24. The van der Waals surface area contributed by atoms with Crippen molar-refractivity contribution < 1.29 is 9.53 Å². The van der Waals surface area contributed by atoms with E-state index in [1.54, 1.807) is 25.2 Å². The van der Waals surface area contributed by atoms with Crippen LogP contribution in [0.5, 0.6) is 0 Å². The van der Waals surface area contributed by atoms with Crippen LogP contribution in [0, 0.1) is 5.92 Å². The number of hydrogen-bond acceptors (Lipinski definition) is 2. The Morgan fingerprint density at radius 2 is 1.56 bits per heavy atom. The lowest BCUT2D eigenvalue weighted by Gasteiger charge is -2.11. The molecule has 0 spiro atoms. The third-order valence-corrected chi connectivity index (χ3v) is 7.15. The molecule has 41 heavy (non-hydrogen) atoms. The van der Waals surface area contributed by atoms with Gasteiger partial charge >= 0.3 is 0 Å². The third kappa shape index (κ3) is 12.0. The van der Waals surface area contributed by atoms with Crippen LogP contribution in [0.15, 0.2) is 108 Å². The Morgan fingerprint density at radius 1 is 0.976 bits per heavy atom. The Balaban J connectivity index is 0.000000369. The number of ether oxygens (including phenoxy) is 1. The molecule has 2 aliphatic carbocycles. The van der Waals surface area contributed by atoms with Crippen molar-refractivity contribution in [2.45, 2.75) is 93.6 Å². The lowest BCUT2D eigenvalue weighted by Crippen LogP contribution is -2.03. The second-order valence-corrected chi connectivity index (χ2v) is 10.0. The summed E-state index contributed by atoms with van der Waals surface area (Å²) in [6.07, 6.45) is 18.6. The average Bonchev–Trinajstić information content (AvgIpc) is 3.32. The van der Waals surface area contributed by atoms with E-state index in [9.17, 15) is 4.79 Å². The highest BCUT2D eigenvalue weighted by atomic mass is 16.5. The van der Waals surface area contributed by atoms with Gasteiger partial charge in [-0.2, -0.15) is 0 Å². The summed E-state index contributed by atoms with van der Waals surface area (Å²) in [4.78, 5) is 11.8. The van der Waals surface area contributed by atoms with Gasteiger partial charge in [-0.3, -0.25) is 4.79 Å². The second kappa shape index (κ2) is 20.6. The molecule has 2 aliphatic rings. The van der Waals surface area contributed by atoms with Crippen LogP contribution >= 0.6 is 0 Å². The molecule has 0 amide bonds. The molecular weight excluding hydrogens is 500 g/mol. The van der Waals surface area contributed by atoms with E-state index in [4.69, 9.17) is 4.74 Å². The normalized spacial score (nSPS) is 15.3. The maximum atomic E-state index is 11.8. The molecule has 1 atom stereocenters. The molecule has 0 N–H and O–H groups in total. The number of benzene rings is 2. The highest BCUT2D eigenvalue weighted by molar-refractivity contribution is 6.05. The van der Waals surface area contributed by atoms with Gasteiger partial charge in [0.2, 0.25) is 0 Å². The molecule has 1 unspecified atom stereocenters. The van der Waals surface area contributed by atoms with Crippen molar-refractivity contribution in [2.75, 3.05) is 7.11 Å².